The van der Waals surface area contributed by atoms with Gasteiger partial charge in [-0.25, -0.2) is 15.0 Å². The van der Waals surface area contributed by atoms with Crippen LogP contribution in [0.3, 0.4) is 0 Å². The first-order valence-corrected chi connectivity index (χ1v) is 7.60. The SMILES string of the molecule is COc1cc(/C=N/NC(N)=O)ccc1OC(=O)c1ccc(Cl)cc1Cl. The molecule has 0 bridgehead atoms. The number of nitrogens with two attached hydrogens (primary N) is 1. The number of esters is 1. The third-order valence-corrected chi connectivity index (χ3v) is 3.48. The smallest absolute Gasteiger partial charge is 0.345 e. The van der Waals surface area contributed by atoms with Gasteiger partial charge in [0.05, 0.1) is 23.9 Å². The van der Waals surface area contributed by atoms with Crippen molar-refractivity contribution in [3.8, 4) is 11.5 Å². The average Bonchev–Trinajstić information content (AvgIpc) is 2.55. The number of hydrogen-bond donors (Lipinski definition) is 2. The molecule has 7 nitrogen and oxygen atoms in total. The number of primary amides is 1. The van der Waals surface area contributed by atoms with Gasteiger partial charge in [-0.3, -0.25) is 0 Å². The van der Waals surface area contributed by atoms with Gasteiger partial charge in [0.25, 0.3) is 0 Å². The van der Waals surface area contributed by atoms with Gasteiger partial charge in [0.1, 0.15) is 0 Å². The molecule has 0 spiro atoms. The molecule has 2 aromatic rings. The molecule has 25 heavy (non-hydrogen) atoms. The van der Waals surface area contributed by atoms with Crippen LogP contribution in [-0.2, 0) is 0 Å². The molecular formula is C16H13Cl2N3O4. The maximum absolute atomic E-state index is 12.3. The lowest BCUT2D eigenvalue weighted by Gasteiger charge is -2.10. The lowest BCUT2D eigenvalue weighted by molar-refractivity contribution is 0.0730. The van der Waals surface area contributed by atoms with Crippen LogP contribution in [0.2, 0.25) is 10.0 Å². The zero-order chi connectivity index (χ0) is 18.4. The van der Waals surface area contributed by atoms with Crippen molar-refractivity contribution in [1.29, 1.82) is 0 Å². The van der Waals surface area contributed by atoms with Crippen molar-refractivity contribution in [3.05, 3.63) is 57.6 Å². The van der Waals surface area contributed by atoms with Crippen LogP contribution in [0.15, 0.2) is 41.5 Å². The molecule has 2 amide bonds. The molecule has 2 rings (SSSR count). The highest BCUT2D eigenvalue weighted by atomic mass is 35.5. The van der Waals surface area contributed by atoms with Gasteiger partial charge in [-0.05, 0) is 42.0 Å². The highest BCUT2D eigenvalue weighted by Gasteiger charge is 2.16. The van der Waals surface area contributed by atoms with Crippen LogP contribution in [0.1, 0.15) is 15.9 Å². The number of carbonyl (C=O) groups is 2. The van der Waals surface area contributed by atoms with Crippen molar-refractivity contribution >= 4 is 41.4 Å². The Hall–Kier alpha value is -2.77. The van der Waals surface area contributed by atoms with Crippen LogP contribution in [-0.4, -0.2) is 25.3 Å². The first-order valence-electron chi connectivity index (χ1n) is 6.84. The molecule has 3 N–H and O–H groups in total. The number of hydrogen-bond acceptors (Lipinski definition) is 5. The Kier molecular flexibility index (Phi) is 6.21. The fourth-order valence-electron chi connectivity index (χ4n) is 1.83. The summed E-state index contributed by atoms with van der Waals surface area (Å²) in [7, 11) is 1.42. The van der Waals surface area contributed by atoms with Crippen molar-refractivity contribution in [2.24, 2.45) is 10.8 Å². The molecule has 0 saturated heterocycles. The highest BCUT2D eigenvalue weighted by molar-refractivity contribution is 6.36. The molecule has 0 aliphatic rings. The number of halogens is 2. The number of ether oxygens (including phenoxy) is 2. The van der Waals surface area contributed by atoms with Crippen molar-refractivity contribution in [3.63, 3.8) is 0 Å². The molecule has 130 valence electrons. The average molecular weight is 382 g/mol. The number of nitrogens with zero attached hydrogens (tertiary/aromatic N) is 1. The molecule has 0 aliphatic heterocycles. The summed E-state index contributed by atoms with van der Waals surface area (Å²) in [6.45, 7) is 0. The zero-order valence-electron chi connectivity index (χ0n) is 13.0. The minimum absolute atomic E-state index is 0.171. The van der Waals surface area contributed by atoms with Crippen molar-refractivity contribution < 1.29 is 19.1 Å². The Labute approximate surface area is 153 Å². The largest absolute Gasteiger partial charge is 0.493 e. The van der Waals surface area contributed by atoms with E-state index in [4.69, 9.17) is 38.4 Å². The molecule has 0 unspecified atom stereocenters. The van der Waals surface area contributed by atoms with Crippen LogP contribution in [0.4, 0.5) is 4.79 Å². The Morgan fingerprint density at radius 2 is 1.92 bits per heavy atom. The maximum atomic E-state index is 12.3. The van der Waals surface area contributed by atoms with E-state index in [-0.39, 0.29) is 16.3 Å². The summed E-state index contributed by atoms with van der Waals surface area (Å²) >= 11 is 11.8. The van der Waals surface area contributed by atoms with Gasteiger partial charge in [-0.15, -0.1) is 0 Å². The molecular weight excluding hydrogens is 369 g/mol. The number of rotatable bonds is 5. The van der Waals surface area contributed by atoms with E-state index in [1.54, 1.807) is 12.1 Å². The van der Waals surface area contributed by atoms with Gasteiger partial charge in [0.15, 0.2) is 11.5 Å². The standard InChI is InChI=1S/C16H13Cl2N3O4/c1-24-14-6-9(8-20-21-16(19)23)2-5-13(14)25-15(22)11-4-3-10(17)7-12(11)18/h2-8H,1H3,(H3,19,21,23)/b20-8+. The topological polar surface area (TPSA) is 103 Å². The first-order chi connectivity index (χ1) is 11.9. The van der Waals surface area contributed by atoms with E-state index in [1.165, 1.54) is 37.6 Å². The summed E-state index contributed by atoms with van der Waals surface area (Å²) in [5.74, 6) is -0.170. The number of urea groups is 1. The summed E-state index contributed by atoms with van der Waals surface area (Å²) in [6, 6.07) is 8.37. The van der Waals surface area contributed by atoms with Crippen molar-refractivity contribution in [2.75, 3.05) is 7.11 Å². The molecule has 2 aromatic carbocycles. The third-order valence-electron chi connectivity index (χ3n) is 2.93. The molecule has 0 fully saturated rings. The fraction of sp³-hybridized carbons (Fsp3) is 0.0625. The summed E-state index contributed by atoms with van der Waals surface area (Å²) in [4.78, 5) is 22.8. The van der Waals surface area contributed by atoms with Crippen molar-refractivity contribution in [2.45, 2.75) is 0 Å². The Balaban J connectivity index is 2.20. The lowest BCUT2D eigenvalue weighted by Crippen LogP contribution is -2.24. The lowest BCUT2D eigenvalue weighted by atomic mass is 10.2. The number of hydrazone groups is 1. The van der Waals surface area contributed by atoms with Crippen LogP contribution in [0.5, 0.6) is 11.5 Å². The second-order valence-corrected chi connectivity index (χ2v) is 5.50. The molecule has 0 aliphatic carbocycles. The van der Waals surface area contributed by atoms with E-state index >= 15 is 0 Å². The Morgan fingerprint density at radius 1 is 1.16 bits per heavy atom. The monoisotopic (exact) mass is 381 g/mol. The Bertz CT molecular complexity index is 840. The summed E-state index contributed by atoms with van der Waals surface area (Å²) in [5, 5.41) is 4.22. The third kappa shape index (κ3) is 5.10. The van der Waals surface area contributed by atoms with Gasteiger partial charge in [-0.1, -0.05) is 23.2 Å². The van der Waals surface area contributed by atoms with Gasteiger partial charge in [-0.2, -0.15) is 5.10 Å². The first kappa shape index (κ1) is 18.6. The predicted octanol–water partition coefficient (Wildman–Crippen LogP) is 3.22. The number of methoxy groups -OCH3 is 1. The second-order valence-electron chi connectivity index (χ2n) is 4.66. The highest BCUT2D eigenvalue weighted by Crippen LogP contribution is 2.29. The molecule has 9 heteroatoms. The molecule has 0 atom stereocenters. The van der Waals surface area contributed by atoms with Gasteiger partial charge < -0.3 is 15.2 Å². The number of benzene rings is 2. The van der Waals surface area contributed by atoms with Crippen LogP contribution in [0.25, 0.3) is 0 Å². The van der Waals surface area contributed by atoms with Crippen LogP contribution in [0, 0.1) is 0 Å². The van der Waals surface area contributed by atoms with E-state index < -0.39 is 12.0 Å². The Morgan fingerprint density at radius 3 is 2.56 bits per heavy atom. The van der Waals surface area contributed by atoms with E-state index in [2.05, 4.69) is 10.5 Å². The zero-order valence-corrected chi connectivity index (χ0v) is 14.5. The molecule has 0 radical (unpaired) electrons. The summed E-state index contributed by atoms with van der Waals surface area (Å²) in [6.07, 6.45) is 1.36. The number of amides is 2. The van der Waals surface area contributed by atoms with Crippen molar-refractivity contribution in [1.82, 2.24) is 5.43 Å². The second kappa shape index (κ2) is 8.36. The van der Waals surface area contributed by atoms with Crippen LogP contribution >= 0.6 is 23.2 Å². The molecule has 0 aromatic heterocycles. The predicted molar refractivity (Wildman–Crippen MR) is 94.7 cm³/mol. The normalized spacial score (nSPS) is 10.5. The molecule has 0 heterocycles. The number of nitrogens with one attached hydrogen (secondary N) is 1. The number of carbonyl (C=O) groups excluding carboxylic acids is 2. The molecule has 0 saturated carbocycles. The quantitative estimate of drug-likeness (QED) is 0.359. The summed E-state index contributed by atoms with van der Waals surface area (Å²) in [5.41, 5.74) is 7.73. The fourth-order valence-corrected chi connectivity index (χ4v) is 2.31. The minimum Gasteiger partial charge on any atom is -0.493 e. The van der Waals surface area contributed by atoms with E-state index in [0.29, 0.717) is 16.3 Å². The van der Waals surface area contributed by atoms with Gasteiger partial charge in [0, 0.05) is 5.02 Å². The van der Waals surface area contributed by atoms with Gasteiger partial charge >= 0.3 is 12.0 Å². The van der Waals surface area contributed by atoms with Gasteiger partial charge in [0.2, 0.25) is 0 Å². The van der Waals surface area contributed by atoms with E-state index in [9.17, 15) is 9.59 Å². The van der Waals surface area contributed by atoms with E-state index in [1.807, 2.05) is 0 Å². The van der Waals surface area contributed by atoms with Crippen LogP contribution < -0.4 is 20.6 Å². The minimum atomic E-state index is -0.784. The summed E-state index contributed by atoms with van der Waals surface area (Å²) < 4.78 is 10.5. The maximum Gasteiger partial charge on any atom is 0.345 e. The van der Waals surface area contributed by atoms with E-state index in [0.717, 1.165) is 0 Å².